The third-order valence-electron chi connectivity index (χ3n) is 4.79. The van der Waals surface area contributed by atoms with Gasteiger partial charge in [-0.2, -0.15) is 0 Å². The standard InChI is InChI=1S/C22H14ClN3OS/c23-18-9-8-15(20-16(18)7-4-10-24-20)11-26-13-25-21-19(22(26)27)17(12-28-21)14-5-2-1-3-6-14/h1-10,12-13H,11H2. The third-order valence-corrected chi connectivity index (χ3v) is 6.00. The number of hydrogen-bond donors (Lipinski definition) is 0. The number of rotatable bonds is 3. The van der Waals surface area contributed by atoms with Crippen LogP contribution in [0, 0.1) is 0 Å². The maximum absolute atomic E-state index is 13.3. The van der Waals surface area contributed by atoms with E-state index in [9.17, 15) is 4.79 Å². The van der Waals surface area contributed by atoms with E-state index >= 15 is 0 Å². The Morgan fingerprint density at radius 1 is 1.00 bits per heavy atom. The summed E-state index contributed by atoms with van der Waals surface area (Å²) in [7, 11) is 0. The molecule has 6 heteroatoms. The van der Waals surface area contributed by atoms with E-state index in [0.717, 1.165) is 32.4 Å². The Kier molecular flexibility index (Phi) is 4.19. The SMILES string of the molecule is O=c1c2c(-c3ccccc3)csc2ncn1Cc1ccc(Cl)c2cccnc12. The Morgan fingerprint density at radius 3 is 2.71 bits per heavy atom. The molecule has 0 unspecified atom stereocenters. The molecular weight excluding hydrogens is 390 g/mol. The molecule has 0 aliphatic heterocycles. The summed E-state index contributed by atoms with van der Waals surface area (Å²) in [6.45, 7) is 0.385. The Bertz CT molecular complexity index is 1380. The maximum atomic E-state index is 13.3. The van der Waals surface area contributed by atoms with Gasteiger partial charge in [-0.05, 0) is 29.3 Å². The zero-order valence-electron chi connectivity index (χ0n) is 14.7. The fraction of sp³-hybridized carbons (Fsp3) is 0.0455. The van der Waals surface area contributed by atoms with E-state index in [1.54, 1.807) is 17.1 Å². The number of benzene rings is 2. The molecule has 0 amide bonds. The van der Waals surface area contributed by atoms with E-state index in [-0.39, 0.29) is 5.56 Å². The van der Waals surface area contributed by atoms with Crippen LogP contribution >= 0.6 is 22.9 Å². The Labute approximate surface area is 169 Å². The van der Waals surface area contributed by atoms with Gasteiger partial charge in [0.15, 0.2) is 0 Å². The fourth-order valence-corrected chi connectivity index (χ4v) is 4.54. The summed E-state index contributed by atoms with van der Waals surface area (Å²) in [4.78, 5) is 23.0. The van der Waals surface area contributed by atoms with Crippen LogP contribution in [0.1, 0.15) is 5.56 Å². The Hall–Kier alpha value is -3.02. The summed E-state index contributed by atoms with van der Waals surface area (Å²) in [5, 5.41) is 4.18. The average molecular weight is 404 g/mol. The van der Waals surface area contributed by atoms with Crippen LogP contribution in [0.3, 0.4) is 0 Å². The summed E-state index contributed by atoms with van der Waals surface area (Å²) in [5.74, 6) is 0. The molecule has 0 spiro atoms. The van der Waals surface area contributed by atoms with Gasteiger partial charge in [-0.25, -0.2) is 4.98 Å². The molecule has 0 bridgehead atoms. The first-order valence-electron chi connectivity index (χ1n) is 8.76. The van der Waals surface area contributed by atoms with Gasteiger partial charge in [-0.3, -0.25) is 14.3 Å². The number of aromatic nitrogens is 3. The van der Waals surface area contributed by atoms with Gasteiger partial charge in [0, 0.05) is 27.5 Å². The molecule has 3 heterocycles. The largest absolute Gasteiger partial charge is 0.294 e. The molecule has 5 aromatic rings. The molecule has 0 saturated carbocycles. The zero-order chi connectivity index (χ0) is 19.1. The number of thiophene rings is 1. The van der Waals surface area contributed by atoms with Gasteiger partial charge in [0.05, 0.1) is 23.8 Å². The van der Waals surface area contributed by atoms with Crippen LogP contribution in [-0.2, 0) is 6.54 Å². The van der Waals surface area contributed by atoms with Crippen LogP contribution in [0.25, 0.3) is 32.2 Å². The molecule has 0 aliphatic carbocycles. The van der Waals surface area contributed by atoms with Crippen LogP contribution in [0.5, 0.6) is 0 Å². The van der Waals surface area contributed by atoms with Gasteiger partial charge >= 0.3 is 0 Å². The molecule has 0 radical (unpaired) electrons. The first kappa shape index (κ1) is 17.1. The minimum atomic E-state index is -0.0517. The highest BCUT2D eigenvalue weighted by molar-refractivity contribution is 7.17. The molecule has 3 aromatic heterocycles. The monoisotopic (exact) mass is 403 g/mol. The van der Waals surface area contributed by atoms with Crippen molar-refractivity contribution in [1.29, 1.82) is 0 Å². The van der Waals surface area contributed by atoms with Crippen molar-refractivity contribution < 1.29 is 0 Å². The predicted octanol–water partition coefficient (Wildman–Crippen LogP) is 5.37. The van der Waals surface area contributed by atoms with Crippen molar-refractivity contribution in [2.45, 2.75) is 6.54 Å². The lowest BCUT2D eigenvalue weighted by Gasteiger charge is -2.10. The van der Waals surface area contributed by atoms with Gasteiger partial charge in [-0.1, -0.05) is 48.0 Å². The van der Waals surface area contributed by atoms with Crippen LogP contribution in [0.4, 0.5) is 0 Å². The normalized spacial score (nSPS) is 11.3. The van der Waals surface area contributed by atoms with Crippen molar-refractivity contribution >= 4 is 44.1 Å². The molecule has 2 aromatic carbocycles. The lowest BCUT2D eigenvalue weighted by atomic mass is 10.1. The number of pyridine rings is 1. The zero-order valence-corrected chi connectivity index (χ0v) is 16.2. The van der Waals surface area contributed by atoms with Crippen LogP contribution in [0.15, 0.2) is 77.3 Å². The first-order valence-corrected chi connectivity index (χ1v) is 10.0. The first-order chi connectivity index (χ1) is 13.7. The lowest BCUT2D eigenvalue weighted by Crippen LogP contribution is -2.21. The van der Waals surface area contributed by atoms with E-state index in [1.165, 1.54) is 11.3 Å². The van der Waals surface area contributed by atoms with Gasteiger partial charge in [0.1, 0.15) is 4.83 Å². The van der Waals surface area contributed by atoms with Gasteiger partial charge in [-0.15, -0.1) is 11.3 Å². The van der Waals surface area contributed by atoms with Crippen LogP contribution < -0.4 is 5.56 Å². The van der Waals surface area contributed by atoms with E-state index in [1.807, 2.05) is 60.0 Å². The number of hydrogen-bond acceptors (Lipinski definition) is 4. The smallest absolute Gasteiger partial charge is 0.263 e. The molecule has 0 saturated heterocycles. The molecule has 4 nitrogen and oxygen atoms in total. The highest BCUT2D eigenvalue weighted by Gasteiger charge is 2.14. The number of nitrogens with zero attached hydrogens (tertiary/aromatic N) is 3. The second kappa shape index (κ2) is 6.86. The molecular formula is C22H14ClN3OS. The third kappa shape index (κ3) is 2.80. The molecule has 136 valence electrons. The summed E-state index contributed by atoms with van der Waals surface area (Å²) in [6.07, 6.45) is 3.35. The van der Waals surface area contributed by atoms with Crippen molar-refractivity contribution in [3.63, 3.8) is 0 Å². The van der Waals surface area contributed by atoms with Gasteiger partial charge in [0.25, 0.3) is 5.56 Å². The fourth-order valence-electron chi connectivity index (χ4n) is 3.42. The van der Waals surface area contributed by atoms with Crippen LogP contribution in [-0.4, -0.2) is 14.5 Å². The van der Waals surface area contributed by atoms with Gasteiger partial charge in [0.2, 0.25) is 0 Å². The minimum absolute atomic E-state index is 0.0517. The summed E-state index contributed by atoms with van der Waals surface area (Å²) in [5.41, 5.74) is 3.62. The van der Waals surface area contributed by atoms with E-state index < -0.39 is 0 Å². The predicted molar refractivity (Wildman–Crippen MR) is 115 cm³/mol. The van der Waals surface area contributed by atoms with Crippen molar-refractivity contribution in [3.05, 3.63) is 93.4 Å². The highest BCUT2D eigenvalue weighted by Crippen LogP contribution is 2.30. The topological polar surface area (TPSA) is 47.8 Å². The van der Waals surface area contributed by atoms with E-state index in [2.05, 4.69) is 9.97 Å². The van der Waals surface area contributed by atoms with Crippen molar-refractivity contribution in [2.75, 3.05) is 0 Å². The Morgan fingerprint density at radius 2 is 1.86 bits per heavy atom. The van der Waals surface area contributed by atoms with Crippen LogP contribution in [0.2, 0.25) is 5.02 Å². The Balaban J connectivity index is 1.66. The summed E-state index contributed by atoms with van der Waals surface area (Å²) in [6, 6.07) is 17.5. The van der Waals surface area contributed by atoms with Crippen molar-refractivity contribution in [1.82, 2.24) is 14.5 Å². The number of halogens is 1. The average Bonchev–Trinajstić information content (AvgIpc) is 3.18. The second-order valence-corrected chi connectivity index (χ2v) is 7.74. The quantitative estimate of drug-likeness (QED) is 0.406. The van der Waals surface area contributed by atoms with Gasteiger partial charge < -0.3 is 0 Å². The molecule has 0 fully saturated rings. The molecule has 5 rings (SSSR count). The van der Waals surface area contributed by atoms with E-state index in [4.69, 9.17) is 11.6 Å². The molecule has 0 N–H and O–H groups in total. The van der Waals surface area contributed by atoms with E-state index in [0.29, 0.717) is 17.0 Å². The minimum Gasteiger partial charge on any atom is -0.294 e. The number of fused-ring (bicyclic) bond motifs is 2. The highest BCUT2D eigenvalue weighted by atomic mass is 35.5. The maximum Gasteiger partial charge on any atom is 0.263 e. The van der Waals surface area contributed by atoms with Crippen molar-refractivity contribution in [2.24, 2.45) is 0 Å². The molecule has 28 heavy (non-hydrogen) atoms. The second-order valence-electron chi connectivity index (χ2n) is 6.48. The molecule has 0 atom stereocenters. The van der Waals surface area contributed by atoms with Crippen molar-refractivity contribution in [3.8, 4) is 11.1 Å². The molecule has 0 aliphatic rings. The summed E-state index contributed by atoms with van der Waals surface area (Å²) < 4.78 is 1.64. The summed E-state index contributed by atoms with van der Waals surface area (Å²) >= 11 is 7.78. The lowest BCUT2D eigenvalue weighted by molar-refractivity contribution is 0.752.